The number of pyridine rings is 1. The fraction of sp³-hybridized carbons (Fsp3) is 0.350. The maximum atomic E-state index is 4.79. The predicted molar refractivity (Wildman–Crippen MR) is 101 cm³/mol. The molecule has 0 amide bonds. The summed E-state index contributed by atoms with van der Waals surface area (Å²) < 4.78 is 2.29. The standard InChI is InChI=1S/C20H23N5/c1-13(15-5-8-21-9-6-15)11-17-20-19(23-14(2)22-17)16-12-24(3)10-7-18(16)25(20)4/h5-6,8-9,11H,7,10,12H2,1-4H3. The van der Waals surface area contributed by atoms with Crippen LogP contribution in [0.3, 0.4) is 0 Å². The van der Waals surface area contributed by atoms with Gasteiger partial charge in [-0.05, 0) is 50.2 Å². The lowest BCUT2D eigenvalue weighted by Gasteiger charge is -2.23. The number of allylic oxidation sites excluding steroid dienone is 1. The third kappa shape index (κ3) is 2.74. The average Bonchev–Trinajstić information content (AvgIpc) is 2.87. The van der Waals surface area contributed by atoms with Gasteiger partial charge in [0.2, 0.25) is 0 Å². The van der Waals surface area contributed by atoms with Gasteiger partial charge in [-0.2, -0.15) is 0 Å². The molecule has 128 valence electrons. The summed E-state index contributed by atoms with van der Waals surface area (Å²) in [7, 11) is 4.31. The van der Waals surface area contributed by atoms with Gasteiger partial charge in [-0.1, -0.05) is 0 Å². The minimum Gasteiger partial charge on any atom is -0.344 e. The van der Waals surface area contributed by atoms with Crippen molar-refractivity contribution in [2.75, 3.05) is 13.6 Å². The van der Waals surface area contributed by atoms with Gasteiger partial charge in [0.1, 0.15) is 5.82 Å². The van der Waals surface area contributed by atoms with Crippen LogP contribution >= 0.6 is 0 Å². The summed E-state index contributed by atoms with van der Waals surface area (Å²) >= 11 is 0. The summed E-state index contributed by atoms with van der Waals surface area (Å²) in [6, 6.07) is 4.06. The molecule has 1 aliphatic rings. The summed E-state index contributed by atoms with van der Waals surface area (Å²) in [6.45, 7) is 6.14. The first-order valence-corrected chi connectivity index (χ1v) is 8.66. The van der Waals surface area contributed by atoms with Crippen LogP contribution in [0.1, 0.15) is 35.3 Å². The zero-order valence-corrected chi connectivity index (χ0v) is 15.2. The van der Waals surface area contributed by atoms with Crippen LogP contribution in [-0.2, 0) is 20.0 Å². The van der Waals surface area contributed by atoms with E-state index in [4.69, 9.17) is 9.97 Å². The molecule has 0 atom stereocenters. The summed E-state index contributed by atoms with van der Waals surface area (Å²) in [4.78, 5) is 16.0. The first kappa shape index (κ1) is 16.0. The van der Waals surface area contributed by atoms with Gasteiger partial charge in [0.05, 0.1) is 16.7 Å². The van der Waals surface area contributed by atoms with Crippen molar-refractivity contribution < 1.29 is 0 Å². The Bertz CT molecular complexity index is 969. The molecular weight excluding hydrogens is 310 g/mol. The Morgan fingerprint density at radius 3 is 2.68 bits per heavy atom. The van der Waals surface area contributed by atoms with E-state index >= 15 is 0 Å². The third-order valence-corrected chi connectivity index (χ3v) is 5.04. The van der Waals surface area contributed by atoms with E-state index in [0.29, 0.717) is 0 Å². The number of aromatic nitrogens is 4. The number of rotatable bonds is 2. The van der Waals surface area contributed by atoms with Gasteiger partial charge >= 0.3 is 0 Å². The molecule has 5 nitrogen and oxygen atoms in total. The van der Waals surface area contributed by atoms with Crippen molar-refractivity contribution in [1.82, 2.24) is 24.4 Å². The highest BCUT2D eigenvalue weighted by atomic mass is 15.1. The van der Waals surface area contributed by atoms with Crippen molar-refractivity contribution in [3.63, 3.8) is 0 Å². The lowest BCUT2D eigenvalue weighted by molar-refractivity contribution is 0.310. The molecule has 0 saturated carbocycles. The summed E-state index contributed by atoms with van der Waals surface area (Å²) in [5, 5.41) is 0. The third-order valence-electron chi connectivity index (χ3n) is 5.04. The van der Waals surface area contributed by atoms with E-state index < -0.39 is 0 Å². The molecule has 0 saturated heterocycles. The minimum absolute atomic E-state index is 0.822. The fourth-order valence-electron chi connectivity index (χ4n) is 3.74. The summed E-state index contributed by atoms with van der Waals surface area (Å²) in [6.07, 6.45) is 6.88. The number of hydrogen-bond acceptors (Lipinski definition) is 4. The van der Waals surface area contributed by atoms with E-state index in [1.54, 1.807) is 0 Å². The second-order valence-corrected chi connectivity index (χ2v) is 6.89. The van der Waals surface area contributed by atoms with Gasteiger partial charge < -0.3 is 9.47 Å². The van der Waals surface area contributed by atoms with Gasteiger partial charge in [-0.25, -0.2) is 9.97 Å². The van der Waals surface area contributed by atoms with Crippen LogP contribution < -0.4 is 0 Å². The Labute approximate surface area is 148 Å². The van der Waals surface area contributed by atoms with E-state index in [1.165, 1.54) is 16.8 Å². The smallest absolute Gasteiger partial charge is 0.126 e. The molecule has 0 fully saturated rings. The van der Waals surface area contributed by atoms with Crippen molar-refractivity contribution in [2.45, 2.75) is 26.8 Å². The van der Waals surface area contributed by atoms with Crippen molar-refractivity contribution >= 4 is 22.7 Å². The number of likely N-dealkylation sites (N-methyl/N-ethyl adjacent to an activating group) is 1. The normalized spacial score (nSPS) is 15.6. The van der Waals surface area contributed by atoms with Crippen molar-refractivity contribution in [1.29, 1.82) is 0 Å². The van der Waals surface area contributed by atoms with Gasteiger partial charge in [0.25, 0.3) is 0 Å². The topological polar surface area (TPSA) is 46.8 Å². The molecule has 0 unspecified atom stereocenters. The Balaban J connectivity index is 1.93. The maximum absolute atomic E-state index is 4.79. The number of hydrogen-bond donors (Lipinski definition) is 0. The van der Waals surface area contributed by atoms with Crippen molar-refractivity contribution in [3.05, 3.63) is 52.9 Å². The predicted octanol–water partition coefficient (Wildman–Crippen LogP) is 3.22. The largest absolute Gasteiger partial charge is 0.344 e. The molecule has 3 aromatic rings. The highest BCUT2D eigenvalue weighted by Crippen LogP contribution is 2.31. The minimum atomic E-state index is 0.822. The molecule has 0 N–H and O–H groups in total. The van der Waals surface area contributed by atoms with E-state index in [2.05, 4.69) is 41.5 Å². The molecule has 0 bridgehead atoms. The van der Waals surface area contributed by atoms with Crippen LogP contribution in [-0.4, -0.2) is 38.0 Å². The lowest BCUT2D eigenvalue weighted by Crippen LogP contribution is -2.27. The van der Waals surface area contributed by atoms with Crippen LogP contribution in [0.25, 0.3) is 22.7 Å². The van der Waals surface area contributed by atoms with E-state index in [9.17, 15) is 0 Å². The monoisotopic (exact) mass is 333 g/mol. The van der Waals surface area contributed by atoms with Gasteiger partial charge in [-0.15, -0.1) is 0 Å². The van der Waals surface area contributed by atoms with Gasteiger partial charge in [-0.3, -0.25) is 4.98 Å². The molecule has 3 aromatic heterocycles. The Kier molecular flexibility index (Phi) is 3.88. The first-order chi connectivity index (χ1) is 12.0. The van der Waals surface area contributed by atoms with E-state index in [0.717, 1.165) is 47.6 Å². The van der Waals surface area contributed by atoms with Crippen LogP contribution in [0.15, 0.2) is 24.5 Å². The Hall–Kier alpha value is -2.53. The van der Waals surface area contributed by atoms with Crippen LogP contribution in [0.4, 0.5) is 0 Å². The number of fused-ring (bicyclic) bond motifs is 3. The highest BCUT2D eigenvalue weighted by molar-refractivity contribution is 5.92. The zero-order chi connectivity index (χ0) is 17.6. The molecule has 5 heteroatoms. The molecule has 4 rings (SSSR count). The summed E-state index contributed by atoms with van der Waals surface area (Å²) in [5.74, 6) is 0.822. The van der Waals surface area contributed by atoms with Gasteiger partial charge in [0, 0.05) is 50.2 Å². The Morgan fingerprint density at radius 1 is 1.16 bits per heavy atom. The molecule has 0 aliphatic carbocycles. The number of aryl methyl sites for hydroxylation is 2. The lowest BCUT2D eigenvalue weighted by atomic mass is 10.1. The zero-order valence-electron chi connectivity index (χ0n) is 15.2. The second-order valence-electron chi connectivity index (χ2n) is 6.89. The second kappa shape index (κ2) is 6.08. The Morgan fingerprint density at radius 2 is 1.92 bits per heavy atom. The maximum Gasteiger partial charge on any atom is 0.126 e. The quantitative estimate of drug-likeness (QED) is 0.722. The molecule has 0 spiro atoms. The molecule has 1 aliphatic heterocycles. The molecule has 25 heavy (non-hydrogen) atoms. The summed E-state index contributed by atoms with van der Waals surface area (Å²) in [5.41, 5.74) is 8.33. The molecule has 0 radical (unpaired) electrons. The van der Waals surface area contributed by atoms with Crippen molar-refractivity contribution in [2.24, 2.45) is 7.05 Å². The van der Waals surface area contributed by atoms with Crippen LogP contribution in [0.2, 0.25) is 0 Å². The molecule has 4 heterocycles. The van der Waals surface area contributed by atoms with Crippen LogP contribution in [0, 0.1) is 6.92 Å². The van der Waals surface area contributed by atoms with E-state index in [1.807, 2.05) is 31.5 Å². The molecule has 0 aromatic carbocycles. The molecular formula is C20H23N5. The van der Waals surface area contributed by atoms with E-state index in [-0.39, 0.29) is 0 Å². The van der Waals surface area contributed by atoms with Crippen LogP contribution in [0.5, 0.6) is 0 Å². The average molecular weight is 333 g/mol. The number of nitrogens with zero attached hydrogens (tertiary/aromatic N) is 5. The SMILES string of the molecule is CC(=Cc1nc(C)nc2c3c(n(C)c12)CCN(C)C3)c1ccncc1. The van der Waals surface area contributed by atoms with Gasteiger partial charge in [0.15, 0.2) is 0 Å². The highest BCUT2D eigenvalue weighted by Gasteiger charge is 2.24. The van der Waals surface area contributed by atoms with Crippen molar-refractivity contribution in [3.8, 4) is 0 Å². The fourth-order valence-corrected chi connectivity index (χ4v) is 3.74. The first-order valence-electron chi connectivity index (χ1n) is 8.66.